The van der Waals surface area contributed by atoms with Gasteiger partial charge in [-0.15, -0.1) is 11.3 Å². The van der Waals surface area contributed by atoms with Crippen LogP contribution in [0, 0.1) is 0 Å². The zero-order chi connectivity index (χ0) is 19.3. The second-order valence-electron chi connectivity index (χ2n) is 6.64. The maximum atomic E-state index is 12.5. The standard InChI is InChI=1S/C22H22N2O3S/c1-15(17-9-10-18-19(12-17)27-14-26-18)24-21(25)13-23-22(20-8-5-11-28-20)16-6-3-2-4-7-16/h2-12,15,22-23H,13-14H2,1H3,(H,24,25)/t15-,22+/m0/s1. The van der Waals surface area contributed by atoms with Crippen LogP contribution in [0.4, 0.5) is 0 Å². The molecule has 144 valence electrons. The van der Waals surface area contributed by atoms with E-state index in [1.54, 1.807) is 11.3 Å². The third-order valence-electron chi connectivity index (χ3n) is 4.70. The van der Waals surface area contributed by atoms with Gasteiger partial charge in [0.15, 0.2) is 11.5 Å². The van der Waals surface area contributed by atoms with Crippen LogP contribution in [0.1, 0.15) is 35.0 Å². The Morgan fingerprint density at radius 1 is 1.04 bits per heavy atom. The predicted octanol–water partition coefficient (Wildman–Crippen LogP) is 4.03. The summed E-state index contributed by atoms with van der Waals surface area (Å²) < 4.78 is 10.8. The van der Waals surface area contributed by atoms with Crippen LogP contribution in [0.3, 0.4) is 0 Å². The Kier molecular flexibility index (Phi) is 5.60. The molecule has 0 saturated heterocycles. The van der Waals surface area contributed by atoms with Crippen molar-refractivity contribution in [2.45, 2.75) is 19.0 Å². The highest BCUT2D eigenvalue weighted by Crippen LogP contribution is 2.34. The predicted molar refractivity (Wildman–Crippen MR) is 110 cm³/mol. The summed E-state index contributed by atoms with van der Waals surface area (Å²) in [6.07, 6.45) is 0. The van der Waals surface area contributed by atoms with Gasteiger partial charge in [-0.1, -0.05) is 42.5 Å². The van der Waals surface area contributed by atoms with E-state index in [4.69, 9.17) is 9.47 Å². The van der Waals surface area contributed by atoms with Crippen molar-refractivity contribution in [2.75, 3.05) is 13.3 Å². The third kappa shape index (κ3) is 4.18. The lowest BCUT2D eigenvalue weighted by Crippen LogP contribution is -2.37. The molecule has 2 aromatic carbocycles. The summed E-state index contributed by atoms with van der Waals surface area (Å²) in [7, 11) is 0. The minimum atomic E-state index is -0.124. The fourth-order valence-electron chi connectivity index (χ4n) is 3.24. The highest BCUT2D eigenvalue weighted by Gasteiger charge is 2.19. The van der Waals surface area contributed by atoms with Gasteiger partial charge in [0, 0.05) is 4.88 Å². The molecule has 0 saturated carbocycles. The second kappa shape index (κ2) is 8.46. The molecule has 28 heavy (non-hydrogen) atoms. The molecular weight excluding hydrogens is 372 g/mol. The lowest BCUT2D eigenvalue weighted by Gasteiger charge is -2.19. The van der Waals surface area contributed by atoms with Gasteiger partial charge in [-0.3, -0.25) is 10.1 Å². The number of fused-ring (bicyclic) bond motifs is 1. The number of amides is 1. The number of hydrogen-bond acceptors (Lipinski definition) is 5. The average Bonchev–Trinajstić information content (AvgIpc) is 3.40. The number of ether oxygens (including phenoxy) is 2. The van der Waals surface area contributed by atoms with Crippen LogP contribution in [0.2, 0.25) is 0 Å². The molecule has 0 aliphatic carbocycles. The molecule has 0 spiro atoms. The molecule has 6 heteroatoms. The van der Waals surface area contributed by atoms with Gasteiger partial charge in [0.05, 0.1) is 18.6 Å². The minimum absolute atomic E-state index is 0.00667. The molecule has 1 aliphatic rings. The van der Waals surface area contributed by atoms with Crippen LogP contribution < -0.4 is 20.1 Å². The molecule has 2 atom stereocenters. The number of benzene rings is 2. The third-order valence-corrected chi connectivity index (χ3v) is 5.64. The zero-order valence-electron chi connectivity index (χ0n) is 15.6. The van der Waals surface area contributed by atoms with E-state index in [2.05, 4.69) is 34.2 Å². The smallest absolute Gasteiger partial charge is 0.234 e. The summed E-state index contributed by atoms with van der Waals surface area (Å²) in [6.45, 7) is 2.43. The van der Waals surface area contributed by atoms with Gasteiger partial charge >= 0.3 is 0 Å². The fraction of sp³-hybridized carbons (Fsp3) is 0.227. The van der Waals surface area contributed by atoms with E-state index in [0.29, 0.717) is 0 Å². The molecule has 4 rings (SSSR count). The lowest BCUT2D eigenvalue weighted by molar-refractivity contribution is -0.121. The quantitative estimate of drug-likeness (QED) is 0.635. The molecule has 0 fully saturated rings. The SMILES string of the molecule is C[C@H](NC(=O)CN[C@H](c1ccccc1)c1cccs1)c1ccc2c(c1)OCO2. The molecule has 0 bridgehead atoms. The van der Waals surface area contributed by atoms with Gasteiger partial charge in [0.25, 0.3) is 0 Å². The Hall–Kier alpha value is -2.83. The molecular formula is C22H22N2O3S. The minimum Gasteiger partial charge on any atom is -0.454 e. The molecule has 2 N–H and O–H groups in total. The molecule has 5 nitrogen and oxygen atoms in total. The first-order valence-corrected chi connectivity index (χ1v) is 10.1. The van der Waals surface area contributed by atoms with E-state index in [-0.39, 0.29) is 31.3 Å². The van der Waals surface area contributed by atoms with Crippen molar-refractivity contribution >= 4 is 17.2 Å². The van der Waals surface area contributed by atoms with Crippen LogP contribution in [-0.4, -0.2) is 19.2 Å². The second-order valence-corrected chi connectivity index (χ2v) is 7.62. The van der Waals surface area contributed by atoms with Gasteiger partial charge in [0.2, 0.25) is 12.7 Å². The van der Waals surface area contributed by atoms with Gasteiger partial charge in [-0.05, 0) is 41.6 Å². The number of hydrogen-bond donors (Lipinski definition) is 2. The fourth-order valence-corrected chi connectivity index (χ4v) is 4.06. The van der Waals surface area contributed by atoms with Gasteiger partial charge in [-0.25, -0.2) is 0 Å². The highest BCUT2D eigenvalue weighted by atomic mass is 32.1. The molecule has 0 radical (unpaired) electrons. The first kappa shape index (κ1) is 18.5. The molecule has 3 aromatic rings. The van der Waals surface area contributed by atoms with Crippen molar-refractivity contribution in [1.29, 1.82) is 0 Å². The Balaban J connectivity index is 1.38. The normalized spacial score (nSPS) is 14.5. The van der Waals surface area contributed by atoms with Crippen molar-refractivity contribution in [1.82, 2.24) is 10.6 Å². The molecule has 2 heterocycles. The van der Waals surface area contributed by atoms with E-state index < -0.39 is 0 Å². The topological polar surface area (TPSA) is 59.6 Å². The molecule has 1 aromatic heterocycles. The molecule has 1 aliphatic heterocycles. The van der Waals surface area contributed by atoms with Crippen LogP contribution in [0.25, 0.3) is 0 Å². The molecule has 1 amide bonds. The number of thiophene rings is 1. The summed E-state index contributed by atoms with van der Waals surface area (Å²) in [4.78, 5) is 13.7. The van der Waals surface area contributed by atoms with Crippen molar-refractivity contribution in [2.24, 2.45) is 0 Å². The maximum absolute atomic E-state index is 12.5. The number of nitrogens with one attached hydrogen (secondary N) is 2. The van der Waals surface area contributed by atoms with E-state index in [1.807, 2.05) is 49.4 Å². The number of carbonyl (C=O) groups excluding carboxylic acids is 1. The van der Waals surface area contributed by atoms with Gasteiger partial charge in [0.1, 0.15) is 0 Å². The number of carbonyl (C=O) groups is 1. The van der Waals surface area contributed by atoms with Crippen LogP contribution in [0.15, 0.2) is 66.0 Å². The van der Waals surface area contributed by atoms with Crippen LogP contribution in [-0.2, 0) is 4.79 Å². The van der Waals surface area contributed by atoms with E-state index in [0.717, 1.165) is 22.6 Å². The Bertz CT molecular complexity index is 928. The van der Waals surface area contributed by atoms with Crippen molar-refractivity contribution < 1.29 is 14.3 Å². The summed E-state index contributed by atoms with van der Waals surface area (Å²) in [5.41, 5.74) is 2.12. The largest absolute Gasteiger partial charge is 0.454 e. The molecule has 0 unspecified atom stereocenters. The summed E-state index contributed by atoms with van der Waals surface area (Å²) >= 11 is 1.68. The van der Waals surface area contributed by atoms with Gasteiger partial charge < -0.3 is 14.8 Å². The Morgan fingerprint density at radius 2 is 1.86 bits per heavy atom. The van der Waals surface area contributed by atoms with E-state index in [1.165, 1.54) is 4.88 Å². The highest BCUT2D eigenvalue weighted by molar-refractivity contribution is 7.10. The monoisotopic (exact) mass is 394 g/mol. The van der Waals surface area contributed by atoms with Gasteiger partial charge in [-0.2, -0.15) is 0 Å². The summed E-state index contributed by atoms with van der Waals surface area (Å²) in [5, 5.41) is 8.49. The van der Waals surface area contributed by atoms with E-state index >= 15 is 0 Å². The summed E-state index contributed by atoms with van der Waals surface area (Å²) in [5.74, 6) is 1.41. The average molecular weight is 394 g/mol. The van der Waals surface area contributed by atoms with Crippen molar-refractivity contribution in [3.63, 3.8) is 0 Å². The summed E-state index contributed by atoms with van der Waals surface area (Å²) in [6, 6.07) is 19.9. The number of rotatable bonds is 7. The van der Waals surface area contributed by atoms with Crippen LogP contribution in [0.5, 0.6) is 11.5 Å². The first-order chi connectivity index (χ1) is 13.7. The Morgan fingerprint density at radius 3 is 2.64 bits per heavy atom. The lowest BCUT2D eigenvalue weighted by atomic mass is 10.1. The van der Waals surface area contributed by atoms with Crippen LogP contribution >= 0.6 is 11.3 Å². The van der Waals surface area contributed by atoms with Crippen molar-refractivity contribution in [3.05, 3.63) is 82.0 Å². The Labute approximate surface area is 168 Å². The first-order valence-electron chi connectivity index (χ1n) is 9.21. The maximum Gasteiger partial charge on any atom is 0.234 e. The van der Waals surface area contributed by atoms with E-state index in [9.17, 15) is 4.79 Å². The van der Waals surface area contributed by atoms with Crippen molar-refractivity contribution in [3.8, 4) is 11.5 Å². The zero-order valence-corrected chi connectivity index (χ0v) is 16.4.